The number of aryl methyl sites for hydroxylation is 2. The summed E-state index contributed by atoms with van der Waals surface area (Å²) in [6, 6.07) is 5.14. The van der Waals surface area contributed by atoms with Crippen LogP contribution in [-0.4, -0.2) is 12.1 Å². The van der Waals surface area contributed by atoms with E-state index in [1.165, 1.54) is 13.2 Å². The van der Waals surface area contributed by atoms with Gasteiger partial charge in [-0.3, -0.25) is 4.98 Å². The molecule has 0 amide bonds. The third kappa shape index (κ3) is 1.73. The summed E-state index contributed by atoms with van der Waals surface area (Å²) in [6.07, 6.45) is 0.867. The molecule has 16 heavy (non-hydrogen) atoms. The number of hydrogen-bond acceptors (Lipinski definition) is 2. The second-order valence-corrected chi connectivity index (χ2v) is 3.78. The summed E-state index contributed by atoms with van der Waals surface area (Å²) in [5, 5.41) is 0.867. The summed E-state index contributed by atoms with van der Waals surface area (Å²) in [7, 11) is 1.46. The van der Waals surface area contributed by atoms with Crippen LogP contribution in [0.3, 0.4) is 0 Å². The molecule has 1 heterocycles. The van der Waals surface area contributed by atoms with E-state index in [2.05, 4.69) is 11.9 Å². The molecule has 0 aliphatic heterocycles. The third-order valence-corrected chi connectivity index (χ3v) is 2.68. The van der Waals surface area contributed by atoms with E-state index >= 15 is 0 Å². The van der Waals surface area contributed by atoms with Crippen molar-refractivity contribution >= 4 is 10.9 Å². The second kappa shape index (κ2) is 4.08. The quantitative estimate of drug-likeness (QED) is 0.773. The number of fused-ring (bicyclic) bond motifs is 1. The average Bonchev–Trinajstić information content (AvgIpc) is 2.28. The highest BCUT2D eigenvalue weighted by atomic mass is 19.1. The van der Waals surface area contributed by atoms with Gasteiger partial charge in [-0.2, -0.15) is 0 Å². The minimum Gasteiger partial charge on any atom is -0.494 e. The summed E-state index contributed by atoms with van der Waals surface area (Å²) in [4.78, 5) is 4.39. The molecule has 2 rings (SSSR count). The first-order valence-electron chi connectivity index (χ1n) is 5.29. The van der Waals surface area contributed by atoms with Gasteiger partial charge in [-0.1, -0.05) is 6.92 Å². The Morgan fingerprint density at radius 3 is 2.69 bits per heavy atom. The number of pyridine rings is 1. The van der Waals surface area contributed by atoms with Gasteiger partial charge in [-0.15, -0.1) is 0 Å². The van der Waals surface area contributed by atoms with E-state index < -0.39 is 0 Å². The van der Waals surface area contributed by atoms with E-state index in [-0.39, 0.29) is 11.6 Å². The van der Waals surface area contributed by atoms with E-state index in [1.54, 1.807) is 6.07 Å². The lowest BCUT2D eigenvalue weighted by Gasteiger charge is -2.08. The lowest BCUT2D eigenvalue weighted by atomic mass is 10.1. The molecule has 1 aromatic carbocycles. The normalized spacial score (nSPS) is 10.8. The van der Waals surface area contributed by atoms with Crippen molar-refractivity contribution in [3.63, 3.8) is 0 Å². The van der Waals surface area contributed by atoms with Gasteiger partial charge < -0.3 is 4.74 Å². The van der Waals surface area contributed by atoms with Crippen molar-refractivity contribution in [2.75, 3.05) is 7.11 Å². The highest BCUT2D eigenvalue weighted by Gasteiger charge is 2.09. The van der Waals surface area contributed by atoms with Gasteiger partial charge in [-0.05, 0) is 31.0 Å². The van der Waals surface area contributed by atoms with Crippen molar-refractivity contribution in [1.29, 1.82) is 0 Å². The highest BCUT2D eigenvalue weighted by molar-refractivity contribution is 5.84. The molecule has 0 aliphatic rings. The monoisotopic (exact) mass is 219 g/mol. The standard InChI is InChI=1S/C13H14FNO/c1-4-9-5-8(2)15-12-7-13(16-3)11(14)6-10(9)12/h5-7H,4H2,1-3H3. The molecular formula is C13H14FNO. The Morgan fingerprint density at radius 2 is 2.06 bits per heavy atom. The van der Waals surface area contributed by atoms with Crippen LogP contribution in [0, 0.1) is 12.7 Å². The van der Waals surface area contributed by atoms with Crippen LogP contribution in [0.4, 0.5) is 4.39 Å². The first kappa shape index (κ1) is 10.9. The summed E-state index contributed by atoms with van der Waals surface area (Å²) in [6.45, 7) is 3.99. The highest BCUT2D eigenvalue weighted by Crippen LogP contribution is 2.26. The molecule has 0 aliphatic carbocycles. The Bertz CT molecular complexity index is 537. The number of hydrogen-bond donors (Lipinski definition) is 0. The van der Waals surface area contributed by atoms with Crippen molar-refractivity contribution in [2.45, 2.75) is 20.3 Å². The van der Waals surface area contributed by atoms with E-state index in [4.69, 9.17) is 4.74 Å². The van der Waals surface area contributed by atoms with Crippen LogP contribution in [0.1, 0.15) is 18.2 Å². The maximum Gasteiger partial charge on any atom is 0.165 e. The fourth-order valence-corrected chi connectivity index (χ4v) is 1.89. The summed E-state index contributed by atoms with van der Waals surface area (Å²) in [5.74, 6) is -0.0944. The fraction of sp³-hybridized carbons (Fsp3) is 0.308. The zero-order valence-corrected chi connectivity index (χ0v) is 9.67. The number of benzene rings is 1. The molecule has 84 valence electrons. The molecule has 2 nitrogen and oxygen atoms in total. The molecule has 0 atom stereocenters. The summed E-state index contributed by atoms with van der Waals surface area (Å²) >= 11 is 0. The third-order valence-electron chi connectivity index (χ3n) is 2.68. The molecule has 0 spiro atoms. The SMILES string of the molecule is CCc1cc(C)nc2cc(OC)c(F)cc12. The Kier molecular flexibility index (Phi) is 2.77. The zero-order chi connectivity index (χ0) is 11.7. The van der Waals surface area contributed by atoms with Crippen LogP contribution >= 0.6 is 0 Å². The van der Waals surface area contributed by atoms with Crippen molar-refractivity contribution < 1.29 is 9.13 Å². The molecule has 3 heteroatoms. The number of nitrogens with zero attached hydrogens (tertiary/aromatic N) is 1. The molecule has 0 saturated carbocycles. The van der Waals surface area contributed by atoms with Gasteiger partial charge in [0.05, 0.1) is 12.6 Å². The van der Waals surface area contributed by atoms with E-state index in [9.17, 15) is 4.39 Å². The number of aromatic nitrogens is 1. The van der Waals surface area contributed by atoms with Crippen molar-refractivity contribution in [3.8, 4) is 5.75 Å². The smallest absolute Gasteiger partial charge is 0.165 e. The summed E-state index contributed by atoms with van der Waals surface area (Å²) in [5.41, 5.74) is 2.84. The number of methoxy groups -OCH3 is 1. The molecule has 0 saturated heterocycles. The maximum atomic E-state index is 13.6. The first-order valence-corrected chi connectivity index (χ1v) is 5.29. The molecule has 0 N–H and O–H groups in total. The zero-order valence-electron chi connectivity index (χ0n) is 9.67. The van der Waals surface area contributed by atoms with E-state index in [1.807, 2.05) is 13.0 Å². The van der Waals surface area contributed by atoms with Crippen LogP contribution < -0.4 is 4.74 Å². The van der Waals surface area contributed by atoms with Crippen LogP contribution in [0.5, 0.6) is 5.75 Å². The van der Waals surface area contributed by atoms with Crippen LogP contribution in [0.15, 0.2) is 18.2 Å². The number of halogens is 1. The van der Waals surface area contributed by atoms with Gasteiger partial charge >= 0.3 is 0 Å². The van der Waals surface area contributed by atoms with Crippen molar-refractivity contribution in [2.24, 2.45) is 0 Å². The second-order valence-electron chi connectivity index (χ2n) is 3.78. The van der Waals surface area contributed by atoms with E-state index in [0.717, 1.165) is 28.6 Å². The molecule has 0 radical (unpaired) electrons. The lowest BCUT2D eigenvalue weighted by Crippen LogP contribution is -1.94. The largest absolute Gasteiger partial charge is 0.494 e. The molecular weight excluding hydrogens is 205 g/mol. The Hall–Kier alpha value is -1.64. The van der Waals surface area contributed by atoms with Crippen LogP contribution in [-0.2, 0) is 6.42 Å². The minimum atomic E-state index is -0.338. The van der Waals surface area contributed by atoms with Crippen molar-refractivity contribution in [1.82, 2.24) is 4.98 Å². The minimum absolute atomic E-state index is 0.243. The average molecular weight is 219 g/mol. The molecule has 0 unspecified atom stereocenters. The van der Waals surface area contributed by atoms with Gasteiger partial charge in [-0.25, -0.2) is 4.39 Å². The number of rotatable bonds is 2. The maximum absolute atomic E-state index is 13.6. The van der Waals surface area contributed by atoms with Crippen LogP contribution in [0.25, 0.3) is 10.9 Å². The molecule has 0 fully saturated rings. The lowest BCUT2D eigenvalue weighted by molar-refractivity contribution is 0.387. The molecule has 0 bridgehead atoms. The van der Waals surface area contributed by atoms with Crippen molar-refractivity contribution in [3.05, 3.63) is 35.3 Å². The van der Waals surface area contributed by atoms with Gasteiger partial charge in [0.15, 0.2) is 11.6 Å². The van der Waals surface area contributed by atoms with Crippen LogP contribution in [0.2, 0.25) is 0 Å². The molecule has 1 aromatic heterocycles. The first-order chi connectivity index (χ1) is 7.65. The van der Waals surface area contributed by atoms with Gasteiger partial charge in [0.2, 0.25) is 0 Å². The Labute approximate surface area is 94.1 Å². The Morgan fingerprint density at radius 1 is 1.31 bits per heavy atom. The Balaban J connectivity index is 2.79. The van der Waals surface area contributed by atoms with Gasteiger partial charge in [0.1, 0.15) is 0 Å². The van der Waals surface area contributed by atoms with Gasteiger partial charge in [0.25, 0.3) is 0 Å². The van der Waals surface area contributed by atoms with Gasteiger partial charge in [0, 0.05) is 17.1 Å². The fourth-order valence-electron chi connectivity index (χ4n) is 1.89. The topological polar surface area (TPSA) is 22.1 Å². The molecule has 2 aromatic rings. The predicted molar refractivity (Wildman–Crippen MR) is 62.4 cm³/mol. The summed E-state index contributed by atoms with van der Waals surface area (Å²) < 4.78 is 18.5. The number of ether oxygens (including phenoxy) is 1. The van der Waals surface area contributed by atoms with E-state index in [0.29, 0.717) is 0 Å². The predicted octanol–water partition coefficient (Wildman–Crippen LogP) is 3.25.